The highest BCUT2D eigenvalue weighted by Gasteiger charge is 2.27. The van der Waals surface area contributed by atoms with Crippen molar-refractivity contribution in [2.75, 3.05) is 26.7 Å². The molecule has 1 fully saturated rings. The molecule has 0 aliphatic carbocycles. The normalized spacial score (nSPS) is 17.9. The van der Waals surface area contributed by atoms with Gasteiger partial charge in [-0.15, -0.1) is 10.2 Å². The van der Waals surface area contributed by atoms with Crippen molar-refractivity contribution < 1.29 is 4.79 Å². The maximum atomic E-state index is 12.1. The Kier molecular flexibility index (Phi) is 5.70. The van der Waals surface area contributed by atoms with Crippen LogP contribution < -0.4 is 10.6 Å². The highest BCUT2D eigenvalue weighted by molar-refractivity contribution is 5.81. The summed E-state index contributed by atoms with van der Waals surface area (Å²) >= 11 is 0. The fourth-order valence-corrected chi connectivity index (χ4v) is 3.19. The molecule has 3 heterocycles. The Morgan fingerprint density at radius 2 is 2.23 bits per heavy atom. The second kappa shape index (κ2) is 8.16. The van der Waals surface area contributed by atoms with Gasteiger partial charge < -0.3 is 15.5 Å². The molecule has 2 aromatic rings. The molecule has 2 aromatic heterocycles. The predicted molar refractivity (Wildman–Crippen MR) is 101 cm³/mol. The third-order valence-electron chi connectivity index (χ3n) is 4.58. The number of pyridine rings is 1. The molecule has 1 saturated heterocycles. The minimum absolute atomic E-state index is 0.0455. The van der Waals surface area contributed by atoms with E-state index in [2.05, 4.69) is 25.8 Å². The molecule has 1 amide bonds. The molecule has 0 aromatic carbocycles. The van der Waals surface area contributed by atoms with Gasteiger partial charge in [-0.3, -0.25) is 14.2 Å². The lowest BCUT2D eigenvalue weighted by Crippen LogP contribution is -2.45. The van der Waals surface area contributed by atoms with Crippen LogP contribution in [0, 0.1) is 5.92 Å². The number of likely N-dealkylation sites (tertiary alicyclic amines) is 1. The highest BCUT2D eigenvalue weighted by Crippen LogP contribution is 2.12. The van der Waals surface area contributed by atoms with Gasteiger partial charge >= 0.3 is 0 Å². The van der Waals surface area contributed by atoms with Crippen LogP contribution in [0.15, 0.2) is 29.4 Å². The number of nitrogens with zero attached hydrogens (tertiary/aromatic N) is 5. The lowest BCUT2D eigenvalue weighted by Gasteiger charge is -2.20. The van der Waals surface area contributed by atoms with Crippen molar-refractivity contribution in [3.8, 4) is 0 Å². The van der Waals surface area contributed by atoms with Crippen molar-refractivity contribution in [2.24, 2.45) is 10.9 Å². The van der Waals surface area contributed by atoms with Gasteiger partial charge in [0.2, 0.25) is 5.91 Å². The molecule has 140 valence electrons. The molecule has 1 atom stereocenters. The van der Waals surface area contributed by atoms with Crippen LogP contribution in [0.3, 0.4) is 0 Å². The smallest absolute Gasteiger partial charge is 0.225 e. The fraction of sp³-hybridized carbons (Fsp3) is 0.556. The van der Waals surface area contributed by atoms with E-state index in [0.717, 1.165) is 43.4 Å². The number of nitrogens with one attached hydrogen (secondary N) is 2. The van der Waals surface area contributed by atoms with Crippen molar-refractivity contribution in [2.45, 2.75) is 32.7 Å². The highest BCUT2D eigenvalue weighted by atomic mass is 16.2. The van der Waals surface area contributed by atoms with Crippen LogP contribution >= 0.6 is 0 Å². The molecule has 8 heteroatoms. The first-order valence-corrected chi connectivity index (χ1v) is 9.13. The Bertz CT molecular complexity index is 783. The standard InChI is InChI=1S/C18H27N7O/c1-13(2)17(26)24-11-8-14(12-24)21-18(19-3)20-9-7-16-23-22-15-6-4-5-10-25(15)16/h4-6,10,13-14H,7-9,11-12H2,1-3H3,(H2,19,20,21). The monoisotopic (exact) mass is 357 g/mol. The summed E-state index contributed by atoms with van der Waals surface area (Å²) in [7, 11) is 1.76. The van der Waals surface area contributed by atoms with Crippen LogP contribution in [0.4, 0.5) is 0 Å². The molecule has 0 bridgehead atoms. The van der Waals surface area contributed by atoms with E-state index in [0.29, 0.717) is 6.54 Å². The summed E-state index contributed by atoms with van der Waals surface area (Å²) in [5.41, 5.74) is 0.853. The number of carbonyl (C=O) groups is 1. The number of rotatable bonds is 5. The summed E-state index contributed by atoms with van der Waals surface area (Å²) in [4.78, 5) is 18.3. The lowest BCUT2D eigenvalue weighted by atomic mass is 10.2. The molecule has 1 unspecified atom stereocenters. The van der Waals surface area contributed by atoms with Crippen LogP contribution in [0.25, 0.3) is 5.65 Å². The third kappa shape index (κ3) is 4.12. The first-order valence-electron chi connectivity index (χ1n) is 9.13. The molecule has 2 N–H and O–H groups in total. The van der Waals surface area contributed by atoms with Crippen molar-refractivity contribution in [3.05, 3.63) is 30.2 Å². The van der Waals surface area contributed by atoms with E-state index in [-0.39, 0.29) is 17.9 Å². The van der Waals surface area contributed by atoms with Crippen molar-refractivity contribution >= 4 is 17.5 Å². The van der Waals surface area contributed by atoms with E-state index in [4.69, 9.17) is 0 Å². The molecule has 3 rings (SSSR count). The van der Waals surface area contributed by atoms with Crippen molar-refractivity contribution in [3.63, 3.8) is 0 Å². The summed E-state index contributed by atoms with van der Waals surface area (Å²) in [6.07, 6.45) is 3.65. The van der Waals surface area contributed by atoms with Gasteiger partial charge in [0.05, 0.1) is 0 Å². The molecule has 1 aliphatic heterocycles. The van der Waals surface area contributed by atoms with Gasteiger partial charge in [-0.1, -0.05) is 19.9 Å². The average molecular weight is 357 g/mol. The van der Waals surface area contributed by atoms with Crippen LogP contribution in [0.5, 0.6) is 0 Å². The minimum atomic E-state index is 0.0455. The van der Waals surface area contributed by atoms with Gasteiger partial charge in [-0.2, -0.15) is 0 Å². The van der Waals surface area contributed by atoms with Gasteiger partial charge in [0, 0.05) is 51.3 Å². The van der Waals surface area contributed by atoms with E-state index < -0.39 is 0 Å². The molecule has 1 aliphatic rings. The van der Waals surface area contributed by atoms with Crippen LogP contribution in [0.1, 0.15) is 26.1 Å². The quantitative estimate of drug-likeness (QED) is 0.607. The van der Waals surface area contributed by atoms with Gasteiger partial charge in [-0.25, -0.2) is 0 Å². The number of carbonyl (C=O) groups excluding carboxylic acids is 1. The topological polar surface area (TPSA) is 86.9 Å². The number of fused-ring (bicyclic) bond motifs is 1. The third-order valence-corrected chi connectivity index (χ3v) is 4.58. The maximum Gasteiger partial charge on any atom is 0.225 e. The van der Waals surface area contributed by atoms with E-state index in [1.165, 1.54) is 0 Å². The zero-order valence-corrected chi connectivity index (χ0v) is 15.6. The number of aromatic nitrogens is 3. The molecular weight excluding hydrogens is 330 g/mol. The number of hydrogen-bond acceptors (Lipinski definition) is 4. The van der Waals surface area contributed by atoms with E-state index in [1.54, 1.807) is 7.05 Å². The minimum Gasteiger partial charge on any atom is -0.356 e. The fourth-order valence-electron chi connectivity index (χ4n) is 3.19. The van der Waals surface area contributed by atoms with Crippen molar-refractivity contribution in [1.29, 1.82) is 0 Å². The number of amides is 1. The van der Waals surface area contributed by atoms with Crippen LogP contribution in [-0.2, 0) is 11.2 Å². The predicted octanol–water partition coefficient (Wildman–Crippen LogP) is 0.694. The Hall–Kier alpha value is -2.64. The largest absolute Gasteiger partial charge is 0.356 e. The Labute approximate surface area is 153 Å². The number of aliphatic imine (C=N–C) groups is 1. The summed E-state index contributed by atoms with van der Waals surface area (Å²) in [5, 5.41) is 15.1. The van der Waals surface area contributed by atoms with Gasteiger partial charge in [0.1, 0.15) is 5.82 Å². The van der Waals surface area contributed by atoms with E-state index in [1.807, 2.05) is 47.5 Å². The zero-order chi connectivity index (χ0) is 18.5. The van der Waals surface area contributed by atoms with Crippen LogP contribution in [-0.4, -0.2) is 64.1 Å². The first-order chi connectivity index (χ1) is 12.6. The van der Waals surface area contributed by atoms with E-state index in [9.17, 15) is 4.79 Å². The summed E-state index contributed by atoms with van der Waals surface area (Å²) in [6, 6.07) is 6.09. The van der Waals surface area contributed by atoms with Crippen molar-refractivity contribution in [1.82, 2.24) is 30.1 Å². The molecule has 8 nitrogen and oxygen atoms in total. The Morgan fingerprint density at radius 3 is 3.00 bits per heavy atom. The zero-order valence-electron chi connectivity index (χ0n) is 15.6. The Balaban J connectivity index is 1.48. The lowest BCUT2D eigenvalue weighted by molar-refractivity contribution is -0.133. The first kappa shape index (κ1) is 18.2. The molecule has 26 heavy (non-hydrogen) atoms. The summed E-state index contributed by atoms with van der Waals surface area (Å²) in [5.74, 6) is 1.93. The van der Waals surface area contributed by atoms with Gasteiger partial charge in [-0.05, 0) is 18.6 Å². The molecule has 0 spiro atoms. The van der Waals surface area contributed by atoms with Gasteiger partial charge in [0.15, 0.2) is 11.6 Å². The van der Waals surface area contributed by atoms with E-state index >= 15 is 0 Å². The van der Waals surface area contributed by atoms with Gasteiger partial charge in [0.25, 0.3) is 0 Å². The second-order valence-corrected chi connectivity index (χ2v) is 6.86. The Morgan fingerprint density at radius 1 is 1.38 bits per heavy atom. The summed E-state index contributed by atoms with van der Waals surface area (Å²) < 4.78 is 1.99. The molecule has 0 saturated carbocycles. The van der Waals surface area contributed by atoms with Crippen LogP contribution in [0.2, 0.25) is 0 Å². The number of hydrogen-bond donors (Lipinski definition) is 2. The molecule has 0 radical (unpaired) electrons. The summed E-state index contributed by atoms with van der Waals surface area (Å²) in [6.45, 7) is 6.12. The molecular formula is C18H27N7O. The maximum absolute atomic E-state index is 12.1. The SMILES string of the molecule is CN=C(NCCc1nnc2ccccn12)NC1CCN(C(=O)C(C)C)C1. The second-order valence-electron chi connectivity index (χ2n) is 6.86. The number of guanidine groups is 1. The average Bonchev–Trinajstić information content (AvgIpc) is 3.27.